The first-order chi connectivity index (χ1) is 9.70. The number of rotatable bonds is 2. The number of hydrogen-bond donors (Lipinski definition) is 1. The predicted molar refractivity (Wildman–Crippen MR) is 79.7 cm³/mol. The molecule has 2 aliphatic rings. The first-order valence-electron chi connectivity index (χ1n) is 7.84. The number of aliphatic hydroxyl groups is 1. The standard InChI is InChI=1S/C17H25NO2/c1-3-14-11-20-12(2)10-18(14)16-9-8-13-6-4-5-7-15(13)17(16)19/h4-7,12,14,16-17,19H,3,8-11H2,1-2H3. The van der Waals surface area contributed by atoms with E-state index in [4.69, 9.17) is 4.74 Å². The lowest BCUT2D eigenvalue weighted by Crippen LogP contribution is -2.55. The van der Waals surface area contributed by atoms with Gasteiger partial charge >= 0.3 is 0 Å². The number of nitrogens with zero attached hydrogens (tertiary/aromatic N) is 1. The summed E-state index contributed by atoms with van der Waals surface area (Å²) < 4.78 is 5.78. The van der Waals surface area contributed by atoms with Crippen molar-refractivity contribution in [2.24, 2.45) is 0 Å². The molecule has 0 spiro atoms. The lowest BCUT2D eigenvalue weighted by atomic mass is 9.84. The Morgan fingerprint density at radius 3 is 2.95 bits per heavy atom. The third-order valence-corrected chi connectivity index (χ3v) is 4.85. The number of aryl methyl sites for hydroxylation is 1. The minimum Gasteiger partial charge on any atom is -0.387 e. The fourth-order valence-corrected chi connectivity index (χ4v) is 3.69. The summed E-state index contributed by atoms with van der Waals surface area (Å²) >= 11 is 0. The first kappa shape index (κ1) is 14.1. The van der Waals surface area contributed by atoms with Crippen LogP contribution in [0.4, 0.5) is 0 Å². The highest BCUT2D eigenvalue weighted by atomic mass is 16.5. The van der Waals surface area contributed by atoms with Crippen molar-refractivity contribution in [1.82, 2.24) is 4.90 Å². The molecule has 1 aliphatic carbocycles. The Balaban J connectivity index is 1.83. The lowest BCUT2D eigenvalue weighted by molar-refractivity contribution is -0.0969. The fraction of sp³-hybridized carbons (Fsp3) is 0.647. The normalized spacial score (nSPS) is 34.8. The topological polar surface area (TPSA) is 32.7 Å². The number of morpholine rings is 1. The minimum absolute atomic E-state index is 0.237. The maximum Gasteiger partial charge on any atom is 0.0948 e. The van der Waals surface area contributed by atoms with Crippen molar-refractivity contribution in [1.29, 1.82) is 0 Å². The second-order valence-electron chi connectivity index (χ2n) is 6.15. The number of benzene rings is 1. The van der Waals surface area contributed by atoms with E-state index < -0.39 is 0 Å². The fourth-order valence-electron chi connectivity index (χ4n) is 3.69. The molecule has 1 aliphatic heterocycles. The van der Waals surface area contributed by atoms with Crippen molar-refractivity contribution in [2.45, 2.75) is 57.4 Å². The van der Waals surface area contributed by atoms with E-state index in [1.165, 1.54) is 5.56 Å². The van der Waals surface area contributed by atoms with Gasteiger partial charge in [0.2, 0.25) is 0 Å². The average molecular weight is 275 g/mol. The molecule has 1 fully saturated rings. The van der Waals surface area contributed by atoms with Gasteiger partial charge in [0.1, 0.15) is 0 Å². The van der Waals surface area contributed by atoms with Crippen LogP contribution in [-0.4, -0.2) is 41.3 Å². The summed E-state index contributed by atoms with van der Waals surface area (Å²) in [6.45, 7) is 6.06. The van der Waals surface area contributed by atoms with E-state index in [2.05, 4.69) is 36.9 Å². The van der Waals surface area contributed by atoms with Gasteiger partial charge in [-0.15, -0.1) is 0 Å². The molecule has 110 valence electrons. The van der Waals surface area contributed by atoms with Crippen LogP contribution in [0.25, 0.3) is 0 Å². The van der Waals surface area contributed by atoms with Crippen molar-refractivity contribution >= 4 is 0 Å². The first-order valence-corrected chi connectivity index (χ1v) is 7.84. The smallest absolute Gasteiger partial charge is 0.0948 e. The summed E-state index contributed by atoms with van der Waals surface area (Å²) in [7, 11) is 0. The summed E-state index contributed by atoms with van der Waals surface area (Å²) in [5, 5.41) is 10.8. The zero-order valence-corrected chi connectivity index (χ0v) is 12.5. The zero-order valence-electron chi connectivity index (χ0n) is 12.5. The van der Waals surface area contributed by atoms with E-state index in [1.807, 2.05) is 6.07 Å². The molecule has 1 N–H and O–H groups in total. The Bertz CT molecular complexity index is 462. The van der Waals surface area contributed by atoms with Crippen LogP contribution in [0.15, 0.2) is 24.3 Å². The van der Waals surface area contributed by atoms with Gasteiger partial charge in [0.05, 0.1) is 18.8 Å². The van der Waals surface area contributed by atoms with Crippen LogP contribution in [0.2, 0.25) is 0 Å². The van der Waals surface area contributed by atoms with Crippen LogP contribution >= 0.6 is 0 Å². The SMILES string of the molecule is CCC1COC(C)CN1C1CCc2ccccc2C1O. The van der Waals surface area contributed by atoms with Gasteiger partial charge in [-0.2, -0.15) is 0 Å². The van der Waals surface area contributed by atoms with Crippen LogP contribution in [-0.2, 0) is 11.2 Å². The number of fused-ring (bicyclic) bond motifs is 1. The van der Waals surface area contributed by atoms with Gasteiger partial charge in [-0.25, -0.2) is 0 Å². The molecular weight excluding hydrogens is 250 g/mol. The third kappa shape index (κ3) is 2.50. The van der Waals surface area contributed by atoms with Crippen LogP contribution in [0, 0.1) is 0 Å². The summed E-state index contributed by atoms with van der Waals surface area (Å²) in [6.07, 6.45) is 3.10. The third-order valence-electron chi connectivity index (χ3n) is 4.85. The van der Waals surface area contributed by atoms with E-state index in [-0.39, 0.29) is 18.2 Å². The van der Waals surface area contributed by atoms with Crippen molar-refractivity contribution in [3.8, 4) is 0 Å². The van der Waals surface area contributed by atoms with E-state index in [9.17, 15) is 5.11 Å². The Kier molecular flexibility index (Phi) is 4.11. The van der Waals surface area contributed by atoms with Crippen molar-refractivity contribution < 1.29 is 9.84 Å². The molecule has 20 heavy (non-hydrogen) atoms. The van der Waals surface area contributed by atoms with E-state index >= 15 is 0 Å². The molecule has 1 aromatic rings. The van der Waals surface area contributed by atoms with Gasteiger partial charge in [0, 0.05) is 18.6 Å². The largest absolute Gasteiger partial charge is 0.387 e. The van der Waals surface area contributed by atoms with Gasteiger partial charge in [-0.1, -0.05) is 31.2 Å². The molecule has 0 aromatic heterocycles. The van der Waals surface area contributed by atoms with Crippen molar-refractivity contribution in [3.63, 3.8) is 0 Å². The van der Waals surface area contributed by atoms with E-state index in [0.29, 0.717) is 6.04 Å². The Morgan fingerprint density at radius 2 is 2.15 bits per heavy atom. The molecule has 3 rings (SSSR count). The maximum atomic E-state index is 10.8. The molecule has 3 nitrogen and oxygen atoms in total. The molecule has 4 atom stereocenters. The van der Waals surface area contributed by atoms with E-state index in [1.54, 1.807) is 0 Å². The maximum absolute atomic E-state index is 10.8. The monoisotopic (exact) mass is 275 g/mol. The minimum atomic E-state index is -0.362. The molecule has 1 heterocycles. The molecule has 0 amide bonds. The molecule has 1 aromatic carbocycles. The average Bonchev–Trinajstić information content (AvgIpc) is 2.48. The Morgan fingerprint density at radius 1 is 1.35 bits per heavy atom. The summed E-state index contributed by atoms with van der Waals surface area (Å²) in [5.41, 5.74) is 2.43. The summed E-state index contributed by atoms with van der Waals surface area (Å²) in [4.78, 5) is 2.49. The van der Waals surface area contributed by atoms with Crippen LogP contribution in [0.3, 0.4) is 0 Å². The highest BCUT2D eigenvalue weighted by Gasteiger charge is 2.37. The van der Waals surface area contributed by atoms with Crippen LogP contribution in [0.1, 0.15) is 43.9 Å². The number of aliphatic hydroxyl groups excluding tert-OH is 1. The van der Waals surface area contributed by atoms with Crippen molar-refractivity contribution in [3.05, 3.63) is 35.4 Å². The number of hydrogen-bond acceptors (Lipinski definition) is 3. The van der Waals surface area contributed by atoms with Gasteiger partial charge in [0.25, 0.3) is 0 Å². The van der Waals surface area contributed by atoms with Crippen LogP contribution in [0.5, 0.6) is 0 Å². The lowest BCUT2D eigenvalue weighted by Gasteiger charge is -2.46. The molecule has 0 saturated carbocycles. The van der Waals surface area contributed by atoms with E-state index in [0.717, 1.165) is 38.0 Å². The molecule has 0 radical (unpaired) electrons. The second-order valence-corrected chi connectivity index (χ2v) is 6.15. The summed E-state index contributed by atoms with van der Waals surface area (Å²) in [5.74, 6) is 0. The molecular formula is C17H25NO2. The highest BCUT2D eigenvalue weighted by Crippen LogP contribution is 2.35. The highest BCUT2D eigenvalue weighted by molar-refractivity contribution is 5.32. The van der Waals surface area contributed by atoms with Gasteiger partial charge < -0.3 is 9.84 Å². The zero-order chi connectivity index (χ0) is 14.1. The Hall–Kier alpha value is -0.900. The molecule has 1 saturated heterocycles. The quantitative estimate of drug-likeness (QED) is 0.900. The van der Waals surface area contributed by atoms with Gasteiger partial charge in [-0.3, -0.25) is 4.90 Å². The van der Waals surface area contributed by atoms with Gasteiger partial charge in [0.15, 0.2) is 0 Å². The number of ether oxygens (including phenoxy) is 1. The summed E-state index contributed by atoms with van der Waals surface area (Å²) in [6, 6.07) is 9.00. The molecule has 3 heteroatoms. The van der Waals surface area contributed by atoms with Crippen molar-refractivity contribution in [2.75, 3.05) is 13.2 Å². The van der Waals surface area contributed by atoms with Gasteiger partial charge in [-0.05, 0) is 37.3 Å². The second kappa shape index (κ2) is 5.84. The predicted octanol–water partition coefficient (Wildman–Crippen LogP) is 2.53. The molecule has 0 bridgehead atoms. The van der Waals surface area contributed by atoms with Crippen LogP contribution < -0.4 is 0 Å². The Labute approximate surface area is 121 Å². The molecule has 4 unspecified atom stereocenters.